The van der Waals surface area contributed by atoms with E-state index in [0.717, 1.165) is 39.2 Å². The third-order valence-electron chi connectivity index (χ3n) is 6.54. The van der Waals surface area contributed by atoms with Crippen molar-refractivity contribution in [3.63, 3.8) is 0 Å². The standard InChI is InChI=1S/C30H25N5O2S/c1-20-16-17-24(37-20)18-31-34-27(26-15-9-11-22-10-7-8-14-25(22)26)19-38-30(34)32-28-21(2)33(3)35(29(28)36)23-12-5-4-6-13-23/h4-19H,1-3H3. The average Bonchev–Trinajstić information content (AvgIpc) is 3.60. The number of aryl methyl sites for hydroxylation is 1. The lowest BCUT2D eigenvalue weighted by Gasteiger charge is -2.07. The van der Waals surface area contributed by atoms with Crippen LogP contribution < -0.4 is 10.4 Å². The van der Waals surface area contributed by atoms with Crippen molar-refractivity contribution in [2.75, 3.05) is 0 Å². The minimum atomic E-state index is -0.187. The van der Waals surface area contributed by atoms with Gasteiger partial charge >= 0.3 is 0 Å². The summed E-state index contributed by atoms with van der Waals surface area (Å²) in [5.41, 5.74) is 3.64. The highest BCUT2D eigenvalue weighted by Gasteiger charge is 2.17. The number of fused-ring (bicyclic) bond motifs is 1. The van der Waals surface area contributed by atoms with Gasteiger partial charge in [0.25, 0.3) is 5.56 Å². The Balaban J connectivity index is 1.58. The van der Waals surface area contributed by atoms with Crippen LogP contribution in [0.5, 0.6) is 0 Å². The van der Waals surface area contributed by atoms with E-state index < -0.39 is 0 Å². The Hall–Kier alpha value is -4.69. The molecular formula is C30H25N5O2S. The van der Waals surface area contributed by atoms with Gasteiger partial charge in [-0.15, -0.1) is 11.3 Å². The molecule has 3 aromatic heterocycles. The molecule has 0 aliphatic carbocycles. The van der Waals surface area contributed by atoms with E-state index in [0.29, 0.717) is 16.2 Å². The van der Waals surface area contributed by atoms with Gasteiger partial charge in [0.2, 0.25) is 4.80 Å². The smallest absolute Gasteiger partial charge is 0.297 e. The van der Waals surface area contributed by atoms with E-state index in [2.05, 4.69) is 24.3 Å². The fourth-order valence-corrected chi connectivity index (χ4v) is 5.37. The maximum absolute atomic E-state index is 13.6. The predicted molar refractivity (Wildman–Crippen MR) is 153 cm³/mol. The number of para-hydroxylation sites is 1. The van der Waals surface area contributed by atoms with Gasteiger partial charge in [-0.3, -0.25) is 9.48 Å². The molecule has 3 aromatic carbocycles. The number of aromatic nitrogens is 3. The second kappa shape index (κ2) is 9.64. The molecule has 0 aliphatic rings. The second-order valence-electron chi connectivity index (χ2n) is 8.96. The molecule has 0 bridgehead atoms. The molecule has 188 valence electrons. The van der Waals surface area contributed by atoms with Crippen LogP contribution in [0.25, 0.3) is 27.7 Å². The van der Waals surface area contributed by atoms with E-state index in [4.69, 9.17) is 14.5 Å². The van der Waals surface area contributed by atoms with Crippen LogP contribution in [0.2, 0.25) is 0 Å². The lowest BCUT2D eigenvalue weighted by Crippen LogP contribution is -2.19. The molecule has 0 spiro atoms. The maximum atomic E-state index is 13.6. The highest BCUT2D eigenvalue weighted by atomic mass is 32.1. The molecule has 6 rings (SSSR count). The van der Waals surface area contributed by atoms with Gasteiger partial charge in [-0.1, -0.05) is 60.7 Å². The van der Waals surface area contributed by atoms with E-state index >= 15 is 0 Å². The molecule has 0 atom stereocenters. The number of hydrogen-bond acceptors (Lipinski definition) is 5. The van der Waals surface area contributed by atoms with Crippen molar-refractivity contribution in [1.82, 2.24) is 14.0 Å². The fraction of sp³-hybridized carbons (Fsp3) is 0.100. The third kappa shape index (κ3) is 4.14. The first-order valence-electron chi connectivity index (χ1n) is 12.2. The molecule has 0 saturated heterocycles. The highest BCUT2D eigenvalue weighted by Crippen LogP contribution is 2.29. The van der Waals surface area contributed by atoms with Crippen LogP contribution >= 0.6 is 11.3 Å². The Morgan fingerprint density at radius 1 is 0.895 bits per heavy atom. The van der Waals surface area contributed by atoms with E-state index in [1.807, 2.05) is 91.6 Å². The molecular weight excluding hydrogens is 494 g/mol. The minimum absolute atomic E-state index is 0.187. The van der Waals surface area contributed by atoms with E-state index in [9.17, 15) is 4.79 Å². The summed E-state index contributed by atoms with van der Waals surface area (Å²) in [7, 11) is 1.87. The van der Waals surface area contributed by atoms with Crippen molar-refractivity contribution in [3.05, 3.63) is 123 Å². The number of rotatable bonds is 5. The van der Waals surface area contributed by atoms with Crippen LogP contribution in [-0.4, -0.2) is 20.3 Å². The van der Waals surface area contributed by atoms with Crippen molar-refractivity contribution in [2.45, 2.75) is 13.8 Å². The highest BCUT2D eigenvalue weighted by molar-refractivity contribution is 7.07. The number of furan rings is 1. The summed E-state index contributed by atoms with van der Waals surface area (Å²) in [5.74, 6) is 1.45. The van der Waals surface area contributed by atoms with Crippen molar-refractivity contribution < 1.29 is 4.42 Å². The third-order valence-corrected chi connectivity index (χ3v) is 7.36. The molecule has 7 nitrogen and oxygen atoms in total. The van der Waals surface area contributed by atoms with E-state index in [1.165, 1.54) is 11.3 Å². The van der Waals surface area contributed by atoms with Gasteiger partial charge in [0, 0.05) is 18.0 Å². The van der Waals surface area contributed by atoms with Crippen LogP contribution in [0.4, 0.5) is 5.69 Å². The van der Waals surface area contributed by atoms with Gasteiger partial charge in [-0.25, -0.2) is 14.4 Å². The van der Waals surface area contributed by atoms with E-state index in [-0.39, 0.29) is 5.56 Å². The maximum Gasteiger partial charge on any atom is 0.297 e. The molecule has 3 heterocycles. The number of nitrogens with zero attached hydrogens (tertiary/aromatic N) is 5. The average molecular weight is 520 g/mol. The topological polar surface area (TPSA) is 69.7 Å². The Morgan fingerprint density at radius 2 is 1.66 bits per heavy atom. The summed E-state index contributed by atoms with van der Waals surface area (Å²) in [6, 6.07) is 27.8. The van der Waals surface area contributed by atoms with Gasteiger partial charge in [0.05, 0.1) is 23.3 Å². The molecule has 0 aliphatic heterocycles. The molecule has 0 amide bonds. The first-order valence-corrected chi connectivity index (χ1v) is 13.1. The number of thiazole rings is 1. The number of benzene rings is 3. The predicted octanol–water partition coefficient (Wildman–Crippen LogP) is 6.18. The fourth-order valence-electron chi connectivity index (χ4n) is 4.54. The zero-order chi connectivity index (χ0) is 26.2. The largest absolute Gasteiger partial charge is 0.460 e. The minimum Gasteiger partial charge on any atom is -0.460 e. The van der Waals surface area contributed by atoms with Gasteiger partial charge in [-0.05, 0) is 48.9 Å². The normalized spacial score (nSPS) is 12.2. The Labute approximate surface area is 222 Å². The summed E-state index contributed by atoms with van der Waals surface area (Å²) in [4.78, 5) is 19.0. The Bertz CT molecular complexity index is 1930. The lowest BCUT2D eigenvalue weighted by atomic mass is 10.0. The van der Waals surface area contributed by atoms with Crippen LogP contribution in [0.1, 0.15) is 17.2 Å². The monoisotopic (exact) mass is 519 g/mol. The van der Waals surface area contributed by atoms with Crippen molar-refractivity contribution >= 4 is 34.0 Å². The molecule has 0 saturated carbocycles. The first-order chi connectivity index (χ1) is 18.5. The van der Waals surface area contributed by atoms with Crippen molar-refractivity contribution in [2.24, 2.45) is 17.1 Å². The second-order valence-corrected chi connectivity index (χ2v) is 9.79. The summed E-state index contributed by atoms with van der Waals surface area (Å²) in [6.07, 6.45) is 1.67. The zero-order valence-electron chi connectivity index (χ0n) is 21.2. The molecule has 0 N–H and O–H groups in total. The molecule has 8 heteroatoms. The quantitative estimate of drug-likeness (QED) is 0.255. The van der Waals surface area contributed by atoms with Crippen LogP contribution in [0, 0.1) is 13.8 Å². The van der Waals surface area contributed by atoms with Gasteiger partial charge in [0.15, 0.2) is 5.69 Å². The van der Waals surface area contributed by atoms with Crippen molar-refractivity contribution in [3.8, 4) is 16.9 Å². The molecule has 6 aromatic rings. The SMILES string of the molecule is Cc1ccc(C=Nn2c(-c3cccc4ccccc34)csc2=Nc2c(C)n(C)n(-c3ccccc3)c2=O)o1. The van der Waals surface area contributed by atoms with Gasteiger partial charge < -0.3 is 4.42 Å². The van der Waals surface area contributed by atoms with E-state index in [1.54, 1.807) is 15.6 Å². The summed E-state index contributed by atoms with van der Waals surface area (Å²) in [6.45, 7) is 3.80. The summed E-state index contributed by atoms with van der Waals surface area (Å²) < 4.78 is 11.0. The molecule has 0 radical (unpaired) electrons. The summed E-state index contributed by atoms with van der Waals surface area (Å²) >= 11 is 1.44. The Morgan fingerprint density at radius 3 is 2.45 bits per heavy atom. The van der Waals surface area contributed by atoms with Crippen LogP contribution in [0.3, 0.4) is 0 Å². The van der Waals surface area contributed by atoms with Crippen molar-refractivity contribution in [1.29, 1.82) is 0 Å². The van der Waals surface area contributed by atoms with Gasteiger partial charge in [-0.2, -0.15) is 5.10 Å². The van der Waals surface area contributed by atoms with Crippen LogP contribution in [-0.2, 0) is 7.05 Å². The molecule has 0 unspecified atom stereocenters. The number of hydrogen-bond donors (Lipinski definition) is 0. The first kappa shape index (κ1) is 23.7. The molecule has 0 fully saturated rings. The van der Waals surface area contributed by atoms with Crippen LogP contribution in [0.15, 0.2) is 110 Å². The zero-order valence-corrected chi connectivity index (χ0v) is 22.0. The van der Waals surface area contributed by atoms with Gasteiger partial charge in [0.1, 0.15) is 11.5 Å². The summed E-state index contributed by atoms with van der Waals surface area (Å²) in [5, 5.41) is 9.05. The molecule has 38 heavy (non-hydrogen) atoms. The Kier molecular flexibility index (Phi) is 6.01. The lowest BCUT2D eigenvalue weighted by molar-refractivity contribution is 0.527.